The van der Waals surface area contributed by atoms with Crippen LogP contribution in [0.4, 0.5) is 14.4 Å². The number of alkyl carbamates (subject to hydrolysis) is 1. The van der Waals surface area contributed by atoms with Gasteiger partial charge < -0.3 is 25.4 Å². The van der Waals surface area contributed by atoms with Gasteiger partial charge in [0.25, 0.3) is 0 Å². The Hall–Kier alpha value is -2.72. The lowest BCUT2D eigenvalue weighted by atomic mass is 10.2. The molecule has 4 N–H and O–H groups in total. The smallest absolute Gasteiger partial charge is 0.437 e. The summed E-state index contributed by atoms with van der Waals surface area (Å²) in [5.74, 6) is -0.118. The third-order valence-corrected chi connectivity index (χ3v) is 4.32. The molecule has 0 aliphatic heterocycles. The van der Waals surface area contributed by atoms with Crippen molar-refractivity contribution in [2.45, 2.75) is 65.7 Å². The fourth-order valence-electron chi connectivity index (χ4n) is 2.28. The standard InChI is InChI=1S/C22H33Cl2N5O5/c1-21(2,3)33-19(31)28-17(29-20(32)34-22(4,5)6)25-10-7-11-26-18(30)27-13-14-8-9-15(23)16(24)12-14/h8-9,12H,7,10-11,13H2,1-6H3,(H2,26,27,30)(H2,25,28,29,31,32). The molecule has 0 aliphatic carbocycles. The van der Waals surface area contributed by atoms with E-state index in [9.17, 15) is 14.4 Å². The Kier molecular flexibility index (Phi) is 11.4. The molecule has 0 saturated heterocycles. The molecule has 190 valence electrons. The van der Waals surface area contributed by atoms with E-state index in [0.29, 0.717) is 29.6 Å². The third kappa shape index (κ3) is 13.7. The second kappa shape index (κ2) is 13.2. The van der Waals surface area contributed by atoms with E-state index in [1.54, 1.807) is 59.7 Å². The highest BCUT2D eigenvalue weighted by atomic mass is 35.5. The summed E-state index contributed by atoms with van der Waals surface area (Å²) in [6.45, 7) is 11.1. The van der Waals surface area contributed by atoms with E-state index < -0.39 is 23.4 Å². The Morgan fingerprint density at radius 1 is 0.882 bits per heavy atom. The summed E-state index contributed by atoms with van der Waals surface area (Å²) in [5.41, 5.74) is -0.662. The maximum atomic E-state index is 12.1. The van der Waals surface area contributed by atoms with Gasteiger partial charge in [-0.25, -0.2) is 14.4 Å². The molecule has 0 radical (unpaired) electrons. The first-order chi connectivity index (χ1) is 15.6. The molecule has 0 spiro atoms. The quantitative estimate of drug-likeness (QED) is 0.248. The number of ether oxygens (including phenoxy) is 2. The predicted molar refractivity (Wildman–Crippen MR) is 132 cm³/mol. The van der Waals surface area contributed by atoms with Crippen LogP contribution in [0.25, 0.3) is 0 Å². The Labute approximate surface area is 210 Å². The summed E-state index contributed by atoms with van der Waals surface area (Å²) in [6, 6.07) is 4.74. The van der Waals surface area contributed by atoms with Gasteiger partial charge in [-0.15, -0.1) is 4.99 Å². The van der Waals surface area contributed by atoms with Crippen LogP contribution >= 0.6 is 23.2 Å². The fraction of sp³-hybridized carbons (Fsp3) is 0.545. The lowest BCUT2D eigenvalue weighted by Gasteiger charge is -2.21. The van der Waals surface area contributed by atoms with Gasteiger partial charge in [0.2, 0.25) is 5.96 Å². The van der Waals surface area contributed by atoms with Gasteiger partial charge in [0.05, 0.1) is 10.0 Å². The van der Waals surface area contributed by atoms with Crippen LogP contribution in [0.5, 0.6) is 0 Å². The first kappa shape index (κ1) is 29.3. The highest BCUT2D eigenvalue weighted by Crippen LogP contribution is 2.22. The van der Waals surface area contributed by atoms with E-state index in [2.05, 4.69) is 26.3 Å². The molecule has 0 aliphatic rings. The molecule has 1 aromatic carbocycles. The lowest BCUT2D eigenvalue weighted by molar-refractivity contribution is 0.0560. The van der Waals surface area contributed by atoms with E-state index in [-0.39, 0.29) is 18.5 Å². The number of rotatable bonds is 6. The lowest BCUT2D eigenvalue weighted by Crippen LogP contribution is -2.45. The van der Waals surface area contributed by atoms with Crippen LogP contribution in [0.2, 0.25) is 10.0 Å². The minimum atomic E-state index is -0.870. The van der Waals surface area contributed by atoms with Gasteiger partial charge in [0.1, 0.15) is 11.2 Å². The maximum absolute atomic E-state index is 12.1. The predicted octanol–water partition coefficient (Wildman–Crippen LogP) is 4.59. The minimum Gasteiger partial charge on any atom is -0.444 e. The van der Waals surface area contributed by atoms with Crippen molar-refractivity contribution >= 4 is 47.4 Å². The van der Waals surface area contributed by atoms with Crippen molar-refractivity contribution in [1.29, 1.82) is 0 Å². The molecule has 0 aromatic heterocycles. The molecule has 0 bridgehead atoms. The third-order valence-electron chi connectivity index (χ3n) is 3.58. The Morgan fingerprint density at radius 2 is 1.50 bits per heavy atom. The summed E-state index contributed by atoms with van der Waals surface area (Å²) >= 11 is 11.8. The van der Waals surface area contributed by atoms with Crippen LogP contribution in [0, 0.1) is 0 Å². The van der Waals surface area contributed by atoms with Crippen LogP contribution in [-0.2, 0) is 16.0 Å². The SMILES string of the molecule is CC(C)(C)OC(=O)N=C(NCCCNC(=O)NCc1ccc(Cl)c(Cl)c1)NC(=O)OC(C)(C)C. The highest BCUT2D eigenvalue weighted by molar-refractivity contribution is 6.42. The monoisotopic (exact) mass is 517 g/mol. The van der Waals surface area contributed by atoms with E-state index in [1.165, 1.54) is 0 Å². The van der Waals surface area contributed by atoms with Gasteiger partial charge in [-0.05, 0) is 65.7 Å². The molecule has 0 fully saturated rings. The molecular weight excluding hydrogens is 485 g/mol. The van der Waals surface area contributed by atoms with E-state index >= 15 is 0 Å². The van der Waals surface area contributed by atoms with E-state index in [4.69, 9.17) is 32.7 Å². The average molecular weight is 518 g/mol. The number of urea groups is 1. The van der Waals surface area contributed by atoms with Crippen LogP contribution < -0.4 is 21.3 Å². The first-order valence-electron chi connectivity index (χ1n) is 10.7. The number of nitrogens with one attached hydrogen (secondary N) is 4. The molecule has 1 rings (SSSR count). The normalized spacial score (nSPS) is 11.9. The van der Waals surface area contributed by atoms with Crippen LogP contribution in [0.15, 0.2) is 23.2 Å². The van der Waals surface area contributed by atoms with Crippen molar-refractivity contribution in [3.8, 4) is 0 Å². The van der Waals surface area contributed by atoms with Gasteiger partial charge in [0, 0.05) is 19.6 Å². The van der Waals surface area contributed by atoms with Gasteiger partial charge in [-0.1, -0.05) is 29.3 Å². The maximum Gasteiger partial charge on any atom is 0.437 e. The van der Waals surface area contributed by atoms with Gasteiger partial charge in [-0.2, -0.15) is 0 Å². The number of halogens is 2. The molecule has 0 atom stereocenters. The fourth-order valence-corrected chi connectivity index (χ4v) is 2.60. The zero-order valence-electron chi connectivity index (χ0n) is 20.3. The summed E-state index contributed by atoms with van der Waals surface area (Å²) < 4.78 is 10.3. The first-order valence-corrected chi connectivity index (χ1v) is 11.4. The molecule has 4 amide bonds. The number of hydrogen-bond donors (Lipinski definition) is 4. The molecule has 12 heteroatoms. The summed E-state index contributed by atoms with van der Waals surface area (Å²) in [6.07, 6.45) is -1.17. The number of amides is 4. The van der Waals surface area contributed by atoms with Crippen molar-refractivity contribution in [3.05, 3.63) is 33.8 Å². The Balaban J connectivity index is 2.50. The van der Waals surface area contributed by atoms with Gasteiger partial charge >= 0.3 is 18.2 Å². The topological polar surface area (TPSA) is 130 Å². The van der Waals surface area contributed by atoms with E-state index in [0.717, 1.165) is 5.56 Å². The number of aliphatic imine (C=N–C) groups is 1. The summed E-state index contributed by atoms with van der Waals surface area (Å²) in [4.78, 5) is 39.8. The number of carbonyl (C=O) groups is 3. The average Bonchev–Trinajstić information content (AvgIpc) is 2.65. The number of nitrogens with zero attached hydrogens (tertiary/aromatic N) is 1. The van der Waals surface area contributed by atoms with Crippen molar-refractivity contribution in [3.63, 3.8) is 0 Å². The van der Waals surface area contributed by atoms with Crippen molar-refractivity contribution in [2.75, 3.05) is 13.1 Å². The second-order valence-corrected chi connectivity index (χ2v) is 10.0. The largest absolute Gasteiger partial charge is 0.444 e. The minimum absolute atomic E-state index is 0.118. The Bertz CT molecular complexity index is 895. The van der Waals surface area contributed by atoms with Gasteiger partial charge in [0.15, 0.2) is 0 Å². The van der Waals surface area contributed by atoms with E-state index in [1.807, 2.05) is 0 Å². The number of hydrogen-bond acceptors (Lipinski definition) is 5. The molecule has 34 heavy (non-hydrogen) atoms. The Morgan fingerprint density at radius 3 is 2.09 bits per heavy atom. The number of benzene rings is 1. The molecule has 0 unspecified atom stereocenters. The summed E-state index contributed by atoms with van der Waals surface area (Å²) in [7, 11) is 0. The van der Waals surface area contributed by atoms with Crippen molar-refractivity contribution in [1.82, 2.24) is 21.3 Å². The molecule has 0 saturated carbocycles. The molecule has 10 nitrogen and oxygen atoms in total. The van der Waals surface area contributed by atoms with Crippen LogP contribution in [-0.4, -0.2) is 48.5 Å². The zero-order valence-corrected chi connectivity index (χ0v) is 21.8. The number of guanidine groups is 1. The molecule has 0 heterocycles. The molecular formula is C22H33Cl2N5O5. The van der Waals surface area contributed by atoms with Gasteiger partial charge in [-0.3, -0.25) is 5.32 Å². The highest BCUT2D eigenvalue weighted by Gasteiger charge is 2.20. The number of carbonyl (C=O) groups excluding carboxylic acids is 3. The molecule has 1 aromatic rings. The second-order valence-electron chi connectivity index (χ2n) is 9.21. The van der Waals surface area contributed by atoms with Crippen molar-refractivity contribution in [2.24, 2.45) is 4.99 Å². The van der Waals surface area contributed by atoms with Crippen LogP contribution in [0.3, 0.4) is 0 Å². The zero-order chi connectivity index (χ0) is 25.9. The van der Waals surface area contributed by atoms with Crippen LogP contribution in [0.1, 0.15) is 53.5 Å². The summed E-state index contributed by atoms with van der Waals surface area (Å²) in [5, 5.41) is 11.5. The van der Waals surface area contributed by atoms with Crippen molar-refractivity contribution < 1.29 is 23.9 Å².